The highest BCUT2D eigenvalue weighted by molar-refractivity contribution is 7.90. The van der Waals surface area contributed by atoms with Gasteiger partial charge in [-0.1, -0.05) is 23.4 Å². The van der Waals surface area contributed by atoms with Crippen LogP contribution in [0, 0.1) is 30.1 Å². The molecular formula is C38H35ClF2N8O4S2. The first-order valence-electron chi connectivity index (χ1n) is 17.5. The first-order chi connectivity index (χ1) is 26.2. The van der Waals surface area contributed by atoms with Crippen LogP contribution in [-0.4, -0.2) is 82.6 Å². The first kappa shape index (κ1) is 38.3. The molecule has 17 heteroatoms. The van der Waals surface area contributed by atoms with Gasteiger partial charge < -0.3 is 4.90 Å². The maximum absolute atomic E-state index is 14.1. The summed E-state index contributed by atoms with van der Waals surface area (Å²) in [6.07, 6.45) is 4.22. The van der Waals surface area contributed by atoms with E-state index < -0.39 is 27.4 Å². The number of nitrogens with one attached hydrogen (secondary N) is 1. The van der Waals surface area contributed by atoms with E-state index in [0.29, 0.717) is 75.0 Å². The van der Waals surface area contributed by atoms with Crippen molar-refractivity contribution in [1.29, 1.82) is 5.26 Å². The number of aryl methyl sites for hydroxylation is 1. The molecule has 1 saturated heterocycles. The Morgan fingerprint density at radius 2 is 1.93 bits per heavy atom. The number of pyridine rings is 2. The molecule has 2 aliphatic rings. The van der Waals surface area contributed by atoms with Crippen molar-refractivity contribution in [2.75, 3.05) is 30.8 Å². The van der Waals surface area contributed by atoms with Gasteiger partial charge in [0.05, 0.1) is 45.2 Å². The zero-order valence-corrected chi connectivity index (χ0v) is 32.5. The topological polar surface area (TPSA) is 154 Å². The van der Waals surface area contributed by atoms with Crippen LogP contribution in [0.1, 0.15) is 59.9 Å². The molecule has 1 saturated carbocycles. The Morgan fingerprint density at radius 1 is 1.18 bits per heavy atom. The summed E-state index contributed by atoms with van der Waals surface area (Å²) >= 11 is 7.66. The minimum absolute atomic E-state index is 0.00529. The molecule has 1 N–H and O–H groups in total. The number of amides is 1. The number of anilines is 1. The fourth-order valence-electron chi connectivity index (χ4n) is 7.20. The molecular weight excluding hydrogens is 770 g/mol. The Bertz CT molecular complexity index is 2630. The van der Waals surface area contributed by atoms with Crippen LogP contribution in [0.3, 0.4) is 0 Å². The zero-order chi connectivity index (χ0) is 39.2. The van der Waals surface area contributed by atoms with Gasteiger partial charge in [0.15, 0.2) is 0 Å². The summed E-state index contributed by atoms with van der Waals surface area (Å²) in [5.41, 5.74) is 2.31. The average Bonchev–Trinajstić information content (AvgIpc) is 3.60. The third-order valence-electron chi connectivity index (χ3n) is 10.3. The highest BCUT2D eigenvalue weighted by atomic mass is 35.5. The number of fused-ring (bicyclic) bond motifs is 2. The van der Waals surface area contributed by atoms with Crippen LogP contribution in [0.5, 0.6) is 0 Å². The maximum Gasteiger partial charge on any atom is 0.267 e. The monoisotopic (exact) mass is 804 g/mol. The number of carbonyl (C=O) groups is 1. The van der Waals surface area contributed by atoms with Gasteiger partial charge in [-0.3, -0.25) is 24.0 Å². The summed E-state index contributed by atoms with van der Waals surface area (Å²) < 4.78 is 55.2. The van der Waals surface area contributed by atoms with Crippen LogP contribution in [-0.2, 0) is 16.6 Å². The number of benzene rings is 1. The van der Waals surface area contributed by atoms with Crippen molar-refractivity contribution < 1.29 is 22.0 Å². The quantitative estimate of drug-likeness (QED) is 0.193. The van der Waals surface area contributed by atoms with Crippen molar-refractivity contribution >= 4 is 65.8 Å². The van der Waals surface area contributed by atoms with E-state index in [0.717, 1.165) is 0 Å². The predicted octanol–water partition coefficient (Wildman–Crippen LogP) is 5.73. The highest BCUT2D eigenvalue weighted by Crippen LogP contribution is 2.42. The number of hydrogen-bond donors (Lipinski definition) is 1. The number of alkyl halides is 2. The molecule has 0 unspecified atom stereocenters. The molecule has 1 aromatic carbocycles. The lowest BCUT2D eigenvalue weighted by atomic mass is 9.85. The molecule has 0 spiro atoms. The minimum Gasteiger partial charge on any atom is -0.355 e. The Labute approximate surface area is 324 Å². The van der Waals surface area contributed by atoms with Gasteiger partial charge in [0.1, 0.15) is 23.3 Å². The van der Waals surface area contributed by atoms with Crippen LogP contribution < -0.4 is 15.2 Å². The van der Waals surface area contributed by atoms with Gasteiger partial charge in [-0.25, -0.2) is 31.9 Å². The molecule has 2 fully saturated rings. The summed E-state index contributed by atoms with van der Waals surface area (Å²) in [5.74, 6) is 3.37. The van der Waals surface area contributed by atoms with Crippen LogP contribution >= 0.6 is 22.9 Å². The molecule has 1 aliphatic heterocycles. The standard InChI is InChI=1S/C38H35ClF2N8O4S2/c1-4-55(52,53)46-36(50)30-21-54-34-27(9-12-43-33(30)34)28-16-24(39)8-7-23(28)6-5-13-49-22(2)45-31-20-44-35(29(19-42)32(31)37(49)51)47(3)25-10-14-48(15-11-25)26-17-38(40,41)18-26/h7-9,12,16,20-21,25-26H,4,10-11,13-15,17-18H2,1-3H3,(H,46,50). The van der Waals surface area contributed by atoms with E-state index in [1.807, 2.05) is 11.9 Å². The van der Waals surface area contributed by atoms with Crippen molar-refractivity contribution in [3.05, 3.63) is 79.9 Å². The van der Waals surface area contributed by atoms with E-state index in [4.69, 9.17) is 11.6 Å². The second-order valence-corrected chi connectivity index (χ2v) is 17.0. The summed E-state index contributed by atoms with van der Waals surface area (Å²) in [7, 11) is -1.95. The molecule has 0 radical (unpaired) electrons. The van der Waals surface area contributed by atoms with Crippen molar-refractivity contribution in [3.8, 4) is 29.0 Å². The molecule has 5 aromatic rings. The lowest BCUT2D eigenvalue weighted by Crippen LogP contribution is -2.55. The second-order valence-electron chi connectivity index (χ2n) is 13.7. The number of rotatable bonds is 8. The van der Waals surface area contributed by atoms with E-state index in [9.17, 15) is 32.0 Å². The van der Waals surface area contributed by atoms with Crippen molar-refractivity contribution in [1.82, 2.24) is 29.1 Å². The maximum atomic E-state index is 14.1. The highest BCUT2D eigenvalue weighted by Gasteiger charge is 2.48. The minimum atomic E-state index is -3.79. The average molecular weight is 805 g/mol. The first-order valence-corrected chi connectivity index (χ1v) is 20.5. The summed E-state index contributed by atoms with van der Waals surface area (Å²) in [6, 6.07) is 9.01. The fourth-order valence-corrected chi connectivity index (χ4v) is 8.95. The van der Waals surface area contributed by atoms with Crippen LogP contribution in [0.25, 0.3) is 32.2 Å². The van der Waals surface area contributed by atoms with Gasteiger partial charge in [0.2, 0.25) is 10.0 Å². The summed E-state index contributed by atoms with van der Waals surface area (Å²) in [5, 5.41) is 12.5. The number of hydrogen-bond acceptors (Lipinski definition) is 11. The Balaban J connectivity index is 1.17. The van der Waals surface area contributed by atoms with Gasteiger partial charge in [-0.05, 0) is 51.0 Å². The Hall–Kier alpha value is -5.00. The normalized spacial score (nSPS) is 16.3. The number of piperidine rings is 1. The van der Waals surface area contributed by atoms with E-state index in [1.165, 1.54) is 35.2 Å². The van der Waals surface area contributed by atoms with Crippen LogP contribution in [0.15, 0.2) is 46.8 Å². The molecule has 4 aromatic heterocycles. The predicted molar refractivity (Wildman–Crippen MR) is 208 cm³/mol. The molecule has 55 heavy (non-hydrogen) atoms. The third-order valence-corrected chi connectivity index (χ3v) is 12.8. The van der Waals surface area contributed by atoms with Crippen LogP contribution in [0.2, 0.25) is 5.02 Å². The number of aromatic nitrogens is 4. The van der Waals surface area contributed by atoms with E-state index in [2.05, 4.69) is 42.5 Å². The third kappa shape index (κ3) is 7.52. The zero-order valence-electron chi connectivity index (χ0n) is 30.1. The van der Waals surface area contributed by atoms with Gasteiger partial charge in [-0.2, -0.15) is 5.26 Å². The van der Waals surface area contributed by atoms with Gasteiger partial charge in [0, 0.05) is 78.4 Å². The van der Waals surface area contributed by atoms with Gasteiger partial charge in [0.25, 0.3) is 17.4 Å². The number of sulfonamides is 1. The molecule has 1 amide bonds. The molecule has 5 heterocycles. The lowest BCUT2D eigenvalue weighted by molar-refractivity contribution is -0.127. The summed E-state index contributed by atoms with van der Waals surface area (Å²) in [4.78, 5) is 44.5. The Morgan fingerprint density at radius 3 is 2.62 bits per heavy atom. The molecule has 12 nitrogen and oxygen atoms in total. The molecule has 0 atom stereocenters. The number of halogens is 3. The van der Waals surface area contributed by atoms with Crippen LogP contribution in [0.4, 0.5) is 14.6 Å². The van der Waals surface area contributed by atoms with Gasteiger partial charge in [-0.15, -0.1) is 11.3 Å². The summed E-state index contributed by atoms with van der Waals surface area (Å²) in [6.45, 7) is 4.39. The molecule has 0 bridgehead atoms. The number of nitriles is 1. The Kier molecular flexibility index (Phi) is 10.4. The molecule has 7 rings (SSSR count). The fraction of sp³-hybridized carbons (Fsp3) is 0.368. The molecule has 1 aliphatic carbocycles. The van der Waals surface area contributed by atoms with Crippen molar-refractivity contribution in [3.63, 3.8) is 0 Å². The van der Waals surface area contributed by atoms with Crippen molar-refractivity contribution in [2.45, 2.75) is 64.1 Å². The van der Waals surface area contributed by atoms with E-state index >= 15 is 0 Å². The van der Waals surface area contributed by atoms with Crippen molar-refractivity contribution in [2.24, 2.45) is 0 Å². The lowest BCUT2D eigenvalue weighted by Gasteiger charge is -2.46. The molecule has 284 valence electrons. The number of likely N-dealkylation sites (tertiary alicyclic amines) is 1. The number of carbonyl (C=O) groups excluding carboxylic acids is 1. The smallest absolute Gasteiger partial charge is 0.267 e. The van der Waals surface area contributed by atoms with E-state index in [1.54, 1.807) is 36.6 Å². The number of thiophene rings is 1. The number of nitrogens with zero attached hydrogens (tertiary/aromatic N) is 7. The SMILES string of the molecule is CCS(=O)(=O)NC(=O)c1csc2c(-c3cc(Cl)ccc3C#CCn3c(C)nc4cnc(N(C)C5CCN(C6CC(F)(F)C6)CC5)c(C#N)c4c3=O)ccnc12. The largest absolute Gasteiger partial charge is 0.355 e. The van der Waals surface area contributed by atoms with E-state index in [-0.39, 0.29) is 53.7 Å². The van der Waals surface area contributed by atoms with Gasteiger partial charge >= 0.3 is 0 Å². The second kappa shape index (κ2) is 14.9.